The molecule has 1 aromatic rings. The van der Waals surface area contributed by atoms with Gasteiger partial charge in [-0.2, -0.15) is 5.26 Å². The summed E-state index contributed by atoms with van der Waals surface area (Å²) in [6, 6.07) is 5.47. The van der Waals surface area contributed by atoms with Crippen LogP contribution in [0.3, 0.4) is 0 Å². The molecule has 1 aromatic carbocycles. The first-order chi connectivity index (χ1) is 8.53. The van der Waals surface area contributed by atoms with Crippen molar-refractivity contribution in [3.05, 3.63) is 27.7 Å². The standard InChI is InChI=1S/C12H11BrN2O2S/c1-16-10-5-7(3-8(6-14)12(15)18)4-9(13)11(10)17-2/h3-5H,1-2H3,(H2,15,18)/b8-3+. The number of nitriles is 1. The van der Waals surface area contributed by atoms with E-state index in [0.29, 0.717) is 11.5 Å². The van der Waals surface area contributed by atoms with Crippen LogP contribution in [0, 0.1) is 11.3 Å². The van der Waals surface area contributed by atoms with Gasteiger partial charge in [-0.15, -0.1) is 0 Å². The molecule has 0 aliphatic carbocycles. The average molecular weight is 327 g/mol. The monoisotopic (exact) mass is 326 g/mol. The van der Waals surface area contributed by atoms with Crippen LogP contribution in [0.2, 0.25) is 0 Å². The van der Waals surface area contributed by atoms with Gasteiger partial charge in [-0.25, -0.2) is 0 Å². The van der Waals surface area contributed by atoms with Crippen LogP contribution in [0.15, 0.2) is 22.2 Å². The number of methoxy groups -OCH3 is 2. The van der Waals surface area contributed by atoms with E-state index in [4.69, 9.17) is 32.7 Å². The molecule has 0 saturated carbocycles. The molecule has 4 nitrogen and oxygen atoms in total. The van der Waals surface area contributed by atoms with E-state index in [1.165, 1.54) is 7.11 Å². The van der Waals surface area contributed by atoms with Crippen molar-refractivity contribution < 1.29 is 9.47 Å². The molecule has 0 radical (unpaired) electrons. The van der Waals surface area contributed by atoms with Crippen LogP contribution in [0.1, 0.15) is 5.56 Å². The first-order valence-corrected chi connectivity index (χ1v) is 6.06. The number of nitrogens with zero attached hydrogens (tertiary/aromatic N) is 1. The Morgan fingerprint density at radius 1 is 1.44 bits per heavy atom. The molecular weight excluding hydrogens is 316 g/mol. The van der Waals surface area contributed by atoms with Crippen LogP contribution in [0.4, 0.5) is 0 Å². The summed E-state index contributed by atoms with van der Waals surface area (Å²) in [5.74, 6) is 1.14. The molecule has 18 heavy (non-hydrogen) atoms. The average Bonchev–Trinajstić information content (AvgIpc) is 2.34. The number of ether oxygens (including phenoxy) is 2. The second-order valence-electron chi connectivity index (χ2n) is 3.27. The fourth-order valence-electron chi connectivity index (χ4n) is 1.35. The molecule has 2 N–H and O–H groups in total. The van der Waals surface area contributed by atoms with Gasteiger partial charge in [-0.1, -0.05) is 12.2 Å². The highest BCUT2D eigenvalue weighted by Crippen LogP contribution is 2.36. The lowest BCUT2D eigenvalue weighted by molar-refractivity contribution is 0.353. The molecular formula is C12H11BrN2O2S. The Balaban J connectivity index is 3.33. The van der Waals surface area contributed by atoms with Gasteiger partial charge in [0.15, 0.2) is 11.5 Å². The van der Waals surface area contributed by atoms with Gasteiger partial charge in [0.1, 0.15) is 11.1 Å². The Labute approximate surface area is 119 Å². The number of benzene rings is 1. The largest absolute Gasteiger partial charge is 0.493 e. The van der Waals surface area contributed by atoms with Gasteiger partial charge < -0.3 is 15.2 Å². The van der Waals surface area contributed by atoms with Crippen LogP contribution in [-0.4, -0.2) is 19.2 Å². The lowest BCUT2D eigenvalue weighted by Gasteiger charge is -2.10. The lowest BCUT2D eigenvalue weighted by Crippen LogP contribution is -2.09. The molecule has 0 heterocycles. The topological polar surface area (TPSA) is 68.3 Å². The number of nitrogens with two attached hydrogens (primary N) is 1. The maximum Gasteiger partial charge on any atom is 0.174 e. The van der Waals surface area contributed by atoms with E-state index in [0.717, 1.165) is 10.0 Å². The van der Waals surface area contributed by atoms with E-state index >= 15 is 0 Å². The zero-order valence-electron chi connectivity index (χ0n) is 9.86. The lowest BCUT2D eigenvalue weighted by atomic mass is 10.1. The summed E-state index contributed by atoms with van der Waals surface area (Å²) in [4.78, 5) is 0.0587. The van der Waals surface area contributed by atoms with E-state index < -0.39 is 0 Å². The Bertz CT molecular complexity index is 550. The van der Waals surface area contributed by atoms with Crippen LogP contribution in [0.5, 0.6) is 11.5 Å². The number of rotatable bonds is 4. The number of hydrogen-bond acceptors (Lipinski definition) is 4. The minimum Gasteiger partial charge on any atom is -0.493 e. The van der Waals surface area contributed by atoms with E-state index in [1.54, 1.807) is 25.3 Å². The predicted molar refractivity (Wildman–Crippen MR) is 77.6 cm³/mol. The molecule has 0 unspecified atom stereocenters. The summed E-state index contributed by atoms with van der Waals surface area (Å²) in [6.07, 6.45) is 1.59. The Morgan fingerprint density at radius 3 is 2.56 bits per heavy atom. The molecule has 0 aliphatic heterocycles. The maximum absolute atomic E-state index is 8.90. The third-order valence-corrected chi connectivity index (χ3v) is 2.96. The normalized spacial score (nSPS) is 10.7. The van der Waals surface area contributed by atoms with E-state index in [2.05, 4.69) is 15.9 Å². The third-order valence-electron chi connectivity index (χ3n) is 2.15. The van der Waals surface area contributed by atoms with Crippen LogP contribution >= 0.6 is 28.1 Å². The van der Waals surface area contributed by atoms with Gasteiger partial charge in [0.25, 0.3) is 0 Å². The fraction of sp³-hybridized carbons (Fsp3) is 0.167. The van der Waals surface area contributed by atoms with Crippen molar-refractivity contribution in [2.75, 3.05) is 14.2 Å². The highest BCUT2D eigenvalue weighted by Gasteiger charge is 2.10. The Morgan fingerprint density at radius 2 is 2.11 bits per heavy atom. The molecule has 0 atom stereocenters. The summed E-state index contributed by atoms with van der Waals surface area (Å²) < 4.78 is 11.1. The smallest absolute Gasteiger partial charge is 0.174 e. The van der Waals surface area contributed by atoms with Crippen molar-refractivity contribution in [2.24, 2.45) is 5.73 Å². The third kappa shape index (κ3) is 3.22. The fourth-order valence-corrected chi connectivity index (χ4v) is 2.07. The summed E-state index contributed by atoms with van der Waals surface area (Å²) >= 11 is 8.14. The van der Waals surface area contributed by atoms with Gasteiger partial charge >= 0.3 is 0 Å². The zero-order valence-corrected chi connectivity index (χ0v) is 12.3. The number of hydrogen-bond donors (Lipinski definition) is 1. The van der Waals surface area contributed by atoms with Crippen molar-refractivity contribution in [3.63, 3.8) is 0 Å². The summed E-state index contributed by atoms with van der Waals surface area (Å²) in [6.45, 7) is 0. The zero-order chi connectivity index (χ0) is 13.7. The second-order valence-corrected chi connectivity index (χ2v) is 4.57. The molecule has 94 valence electrons. The number of halogens is 1. The van der Waals surface area contributed by atoms with Crippen molar-refractivity contribution in [1.29, 1.82) is 5.26 Å². The molecule has 0 spiro atoms. The second kappa shape index (κ2) is 6.38. The molecule has 0 amide bonds. The van der Waals surface area contributed by atoms with Gasteiger partial charge in [0.05, 0.1) is 24.3 Å². The maximum atomic E-state index is 8.90. The van der Waals surface area contributed by atoms with Crippen molar-refractivity contribution in [1.82, 2.24) is 0 Å². The van der Waals surface area contributed by atoms with Gasteiger partial charge in [-0.3, -0.25) is 0 Å². The van der Waals surface area contributed by atoms with Crippen LogP contribution in [0.25, 0.3) is 6.08 Å². The van der Waals surface area contributed by atoms with Gasteiger partial charge in [-0.05, 0) is 39.7 Å². The van der Waals surface area contributed by atoms with Crippen molar-refractivity contribution >= 4 is 39.2 Å². The highest BCUT2D eigenvalue weighted by atomic mass is 79.9. The molecule has 0 fully saturated rings. The van der Waals surface area contributed by atoms with Crippen LogP contribution < -0.4 is 15.2 Å². The van der Waals surface area contributed by atoms with E-state index in [-0.39, 0.29) is 10.6 Å². The van der Waals surface area contributed by atoms with E-state index in [9.17, 15) is 0 Å². The quantitative estimate of drug-likeness (QED) is 0.523. The van der Waals surface area contributed by atoms with Crippen LogP contribution in [-0.2, 0) is 0 Å². The molecule has 0 bridgehead atoms. The minimum atomic E-state index is 0.0587. The Kier molecular flexibility index (Phi) is 5.13. The molecule has 6 heteroatoms. The van der Waals surface area contributed by atoms with Gasteiger partial charge in [0, 0.05) is 0 Å². The first kappa shape index (κ1) is 14.5. The summed E-state index contributed by atoms with van der Waals surface area (Å²) in [5.41, 5.74) is 6.41. The van der Waals surface area contributed by atoms with Crippen molar-refractivity contribution in [2.45, 2.75) is 0 Å². The Hall–Kier alpha value is -1.58. The molecule has 1 rings (SSSR count). The van der Waals surface area contributed by atoms with Crippen molar-refractivity contribution in [3.8, 4) is 17.6 Å². The summed E-state index contributed by atoms with van der Waals surface area (Å²) in [7, 11) is 3.09. The number of thiocarbonyl (C=S) groups is 1. The molecule has 0 saturated heterocycles. The minimum absolute atomic E-state index is 0.0587. The van der Waals surface area contributed by atoms with E-state index in [1.807, 2.05) is 6.07 Å². The predicted octanol–water partition coefficient (Wildman–Crippen LogP) is 2.66. The first-order valence-electron chi connectivity index (χ1n) is 4.86. The molecule has 0 aromatic heterocycles. The summed E-state index contributed by atoms with van der Waals surface area (Å²) in [5, 5.41) is 8.90. The molecule has 0 aliphatic rings. The van der Waals surface area contributed by atoms with Gasteiger partial charge in [0.2, 0.25) is 0 Å². The highest BCUT2D eigenvalue weighted by molar-refractivity contribution is 9.10. The SMILES string of the molecule is COc1cc(/C=C(\C#N)C(N)=S)cc(Br)c1OC.